The molecule has 0 aromatic carbocycles. The van der Waals surface area contributed by atoms with Gasteiger partial charge in [0.1, 0.15) is 17.7 Å². The molecule has 0 aliphatic rings. The average Bonchev–Trinajstić information content (AvgIpc) is 3.38. The van der Waals surface area contributed by atoms with Gasteiger partial charge in [-0.15, -0.1) is 0 Å². The number of carbonyl (C=O) groups is 5. The minimum absolute atomic E-state index is 0.00936. The molecular formula is C35H63N7O7. The summed E-state index contributed by atoms with van der Waals surface area (Å²) in [6.45, 7) is 22.4. The summed E-state index contributed by atoms with van der Waals surface area (Å²) in [4.78, 5) is 65.3. The monoisotopic (exact) mass is 693 g/mol. The molecule has 1 heterocycles. The van der Waals surface area contributed by atoms with Crippen LogP contribution in [0.4, 0.5) is 4.79 Å². The van der Waals surface area contributed by atoms with E-state index in [0.29, 0.717) is 13.0 Å². The third-order valence-corrected chi connectivity index (χ3v) is 7.66. The Kier molecular flexibility index (Phi) is 17.8. The number of aromatic nitrogens is 2. The summed E-state index contributed by atoms with van der Waals surface area (Å²) in [6, 6.07) is -0.883. The summed E-state index contributed by atoms with van der Waals surface area (Å²) < 4.78 is 6.95. The van der Waals surface area contributed by atoms with Crippen LogP contribution in [-0.2, 0) is 30.5 Å². The van der Waals surface area contributed by atoms with Crippen molar-refractivity contribution in [3.05, 3.63) is 18.0 Å². The number of nitrogens with one attached hydrogen (secondary N) is 5. The molecule has 1 rings (SSSR count). The highest BCUT2D eigenvalue weighted by Crippen LogP contribution is 2.17. The topological polar surface area (TPSA) is 193 Å². The number of carbonyl (C=O) groups excluding carboxylic acids is 5. The maximum absolute atomic E-state index is 13.7. The fourth-order valence-corrected chi connectivity index (χ4v) is 4.93. The lowest BCUT2D eigenvalue weighted by atomic mass is 9.91. The molecule has 1 aromatic heterocycles. The molecule has 0 saturated heterocycles. The molecule has 1 aromatic rings. The molecule has 6 atom stereocenters. The Hall–Kier alpha value is -3.68. The number of nitrogens with zero attached hydrogens (tertiary/aromatic N) is 2. The van der Waals surface area contributed by atoms with E-state index in [0.717, 1.165) is 5.69 Å². The van der Waals surface area contributed by atoms with Crippen LogP contribution in [0.1, 0.15) is 94.7 Å². The Morgan fingerprint density at radius 1 is 0.796 bits per heavy atom. The SMILES string of the molecule is Cc1ccn(C[C@H](C)C(=O)N[C@@H](CNC(=O)OC(C)(C)C)C(=O)N[C@@H](CC(C)C)[C@@H](O)C[C@@H](C)C(=O)N[C@H](C(=O)NCC(C)C)C(C)C)n1. The normalized spacial score (nSPS) is 15.5. The molecule has 0 bridgehead atoms. The third kappa shape index (κ3) is 17.0. The van der Waals surface area contributed by atoms with Crippen LogP contribution in [-0.4, -0.2) is 87.5 Å². The van der Waals surface area contributed by atoms with Gasteiger partial charge in [-0.25, -0.2) is 4.79 Å². The molecule has 14 nitrogen and oxygen atoms in total. The van der Waals surface area contributed by atoms with Crippen LogP contribution in [0.2, 0.25) is 0 Å². The van der Waals surface area contributed by atoms with Crippen LogP contribution in [0, 0.1) is 36.5 Å². The molecule has 0 unspecified atom stereocenters. The van der Waals surface area contributed by atoms with Gasteiger partial charge in [-0.1, -0.05) is 55.4 Å². The largest absolute Gasteiger partial charge is 0.444 e. The van der Waals surface area contributed by atoms with E-state index in [-0.39, 0.29) is 49.1 Å². The highest BCUT2D eigenvalue weighted by molar-refractivity contribution is 5.89. The van der Waals surface area contributed by atoms with Crippen LogP contribution in [0.25, 0.3) is 0 Å². The molecule has 0 fully saturated rings. The van der Waals surface area contributed by atoms with Crippen molar-refractivity contribution in [3.63, 3.8) is 0 Å². The van der Waals surface area contributed by atoms with E-state index in [1.54, 1.807) is 45.5 Å². The first-order valence-corrected chi connectivity index (χ1v) is 17.4. The van der Waals surface area contributed by atoms with E-state index in [1.807, 2.05) is 54.5 Å². The zero-order valence-corrected chi connectivity index (χ0v) is 31.7. The number of rotatable bonds is 19. The second kappa shape index (κ2) is 20.1. The number of aliphatic hydroxyl groups is 1. The highest BCUT2D eigenvalue weighted by Gasteiger charge is 2.32. The van der Waals surface area contributed by atoms with Crippen molar-refractivity contribution < 1.29 is 33.8 Å². The van der Waals surface area contributed by atoms with Crippen molar-refractivity contribution in [1.29, 1.82) is 0 Å². The fraction of sp³-hybridized carbons (Fsp3) is 0.771. The summed E-state index contributed by atoms with van der Waals surface area (Å²) in [5, 5.41) is 29.5. The number of amides is 5. The van der Waals surface area contributed by atoms with Gasteiger partial charge in [0.05, 0.1) is 36.8 Å². The van der Waals surface area contributed by atoms with Gasteiger partial charge in [0.2, 0.25) is 23.6 Å². The maximum atomic E-state index is 13.7. The number of hydrogen-bond acceptors (Lipinski definition) is 8. The summed E-state index contributed by atoms with van der Waals surface area (Å²) in [7, 11) is 0. The van der Waals surface area contributed by atoms with Gasteiger partial charge in [-0.3, -0.25) is 23.9 Å². The first-order valence-electron chi connectivity index (χ1n) is 17.4. The molecule has 0 aliphatic carbocycles. The quantitative estimate of drug-likeness (QED) is 0.127. The van der Waals surface area contributed by atoms with Crippen molar-refractivity contribution in [2.24, 2.45) is 29.6 Å². The van der Waals surface area contributed by atoms with Crippen LogP contribution in [0.3, 0.4) is 0 Å². The fourth-order valence-electron chi connectivity index (χ4n) is 4.93. The Labute approximate surface area is 292 Å². The number of alkyl carbamates (subject to hydrolysis) is 1. The predicted molar refractivity (Wildman–Crippen MR) is 188 cm³/mol. The first-order chi connectivity index (χ1) is 22.6. The van der Waals surface area contributed by atoms with Crippen molar-refractivity contribution >= 4 is 29.7 Å². The van der Waals surface area contributed by atoms with E-state index >= 15 is 0 Å². The van der Waals surface area contributed by atoms with E-state index in [9.17, 15) is 29.1 Å². The smallest absolute Gasteiger partial charge is 0.407 e. The van der Waals surface area contributed by atoms with Gasteiger partial charge < -0.3 is 36.4 Å². The first kappa shape index (κ1) is 43.3. The Morgan fingerprint density at radius 2 is 1.41 bits per heavy atom. The van der Waals surface area contributed by atoms with E-state index < -0.39 is 59.6 Å². The molecule has 280 valence electrons. The summed E-state index contributed by atoms with van der Waals surface area (Å²) >= 11 is 0. The summed E-state index contributed by atoms with van der Waals surface area (Å²) in [5.74, 6) is -2.79. The molecule has 0 radical (unpaired) electrons. The Morgan fingerprint density at radius 3 is 1.92 bits per heavy atom. The molecule has 5 amide bonds. The predicted octanol–water partition coefficient (Wildman–Crippen LogP) is 2.67. The molecule has 0 spiro atoms. The van der Waals surface area contributed by atoms with Gasteiger partial charge in [0.15, 0.2) is 0 Å². The molecular weight excluding hydrogens is 630 g/mol. The highest BCUT2D eigenvalue weighted by atomic mass is 16.6. The van der Waals surface area contributed by atoms with Crippen LogP contribution in [0.15, 0.2) is 12.3 Å². The van der Waals surface area contributed by atoms with E-state index in [1.165, 1.54) is 0 Å². The number of aliphatic hydroxyl groups excluding tert-OH is 1. The Balaban J connectivity index is 3.09. The zero-order chi connectivity index (χ0) is 37.6. The summed E-state index contributed by atoms with van der Waals surface area (Å²) in [5.41, 5.74) is 0.0316. The van der Waals surface area contributed by atoms with Crippen molar-refractivity contribution in [2.45, 2.75) is 132 Å². The second-order valence-corrected chi connectivity index (χ2v) is 15.3. The van der Waals surface area contributed by atoms with Crippen molar-refractivity contribution in [3.8, 4) is 0 Å². The third-order valence-electron chi connectivity index (χ3n) is 7.66. The Bertz CT molecular complexity index is 1230. The minimum Gasteiger partial charge on any atom is -0.444 e. The van der Waals surface area contributed by atoms with Crippen LogP contribution >= 0.6 is 0 Å². The van der Waals surface area contributed by atoms with Crippen LogP contribution < -0.4 is 26.6 Å². The minimum atomic E-state index is -1.19. The molecule has 49 heavy (non-hydrogen) atoms. The van der Waals surface area contributed by atoms with Crippen LogP contribution in [0.5, 0.6) is 0 Å². The molecule has 14 heteroatoms. The van der Waals surface area contributed by atoms with Crippen molar-refractivity contribution in [1.82, 2.24) is 36.4 Å². The van der Waals surface area contributed by atoms with Crippen molar-refractivity contribution in [2.75, 3.05) is 13.1 Å². The molecule has 0 aliphatic heterocycles. The van der Waals surface area contributed by atoms with Gasteiger partial charge >= 0.3 is 6.09 Å². The molecule has 6 N–H and O–H groups in total. The van der Waals surface area contributed by atoms with Gasteiger partial charge in [0.25, 0.3) is 0 Å². The lowest BCUT2D eigenvalue weighted by molar-refractivity contribution is -0.133. The number of aryl methyl sites for hydroxylation is 1. The average molecular weight is 694 g/mol. The molecule has 0 saturated carbocycles. The van der Waals surface area contributed by atoms with E-state index in [2.05, 4.69) is 31.7 Å². The lowest BCUT2D eigenvalue weighted by Gasteiger charge is -2.30. The second-order valence-electron chi connectivity index (χ2n) is 15.3. The number of ether oxygens (including phenoxy) is 1. The lowest BCUT2D eigenvalue weighted by Crippen LogP contribution is -2.57. The van der Waals surface area contributed by atoms with E-state index in [4.69, 9.17) is 4.74 Å². The zero-order valence-electron chi connectivity index (χ0n) is 31.7. The van der Waals surface area contributed by atoms with Gasteiger partial charge in [0, 0.05) is 18.7 Å². The number of hydrogen-bond donors (Lipinski definition) is 6. The van der Waals surface area contributed by atoms with Gasteiger partial charge in [-0.2, -0.15) is 5.10 Å². The summed E-state index contributed by atoms with van der Waals surface area (Å²) in [6.07, 6.45) is 0.266. The van der Waals surface area contributed by atoms with Gasteiger partial charge in [-0.05, 0) is 64.4 Å². The maximum Gasteiger partial charge on any atom is 0.407 e. The standard InChI is InChI=1S/C35H63N7O7/c1-20(2)15-26(28(43)16-23(7)30(44)40-29(22(5)6)33(47)36-17-21(3)4)38-32(46)27(18-37-34(48)49-35(10,11)12)39-31(45)24(8)19-42-14-13-25(9)41-42/h13-14,20-24,26-29,43H,15-19H2,1-12H3,(H,36,47)(H,37,48)(H,38,46)(H,39,45)(H,40,44)/t23-,24+,26+,27+,28+,29+/m1/s1.